The summed E-state index contributed by atoms with van der Waals surface area (Å²) in [5, 5.41) is 4.18. The van der Waals surface area contributed by atoms with Crippen molar-refractivity contribution in [2.75, 3.05) is 7.11 Å². The largest absolute Gasteiger partial charge is 0.480 e. The van der Waals surface area contributed by atoms with Crippen LogP contribution in [0.3, 0.4) is 0 Å². The maximum absolute atomic E-state index is 12.9. The van der Waals surface area contributed by atoms with Crippen LogP contribution in [0.5, 0.6) is 5.88 Å². The highest BCUT2D eigenvalue weighted by Gasteiger charge is 2.12. The summed E-state index contributed by atoms with van der Waals surface area (Å²) in [6.07, 6.45) is 4.36. The minimum absolute atomic E-state index is 0.412. The minimum Gasteiger partial charge on any atom is -0.480 e. The predicted octanol–water partition coefficient (Wildman–Crippen LogP) is 2.21. The first-order valence-corrected chi connectivity index (χ1v) is 6.45. The van der Waals surface area contributed by atoms with Crippen molar-refractivity contribution in [1.82, 2.24) is 19.7 Å². The quantitative estimate of drug-likeness (QED) is 0.680. The van der Waals surface area contributed by atoms with Gasteiger partial charge >= 0.3 is 0 Å². The Morgan fingerprint density at radius 2 is 2.00 bits per heavy atom. The van der Waals surface area contributed by atoms with Gasteiger partial charge in [0, 0.05) is 6.20 Å². The molecule has 6 heteroatoms. The lowest BCUT2D eigenvalue weighted by Gasteiger charge is -2.05. The van der Waals surface area contributed by atoms with Crippen LogP contribution < -0.4 is 4.74 Å². The zero-order valence-corrected chi connectivity index (χ0v) is 11.7. The number of aromatic nitrogens is 4. The van der Waals surface area contributed by atoms with Gasteiger partial charge in [-0.1, -0.05) is 12.0 Å². The van der Waals surface area contributed by atoms with Crippen molar-refractivity contribution >= 4 is 0 Å². The van der Waals surface area contributed by atoms with Gasteiger partial charge in [-0.15, -0.1) is 0 Å². The molecule has 0 aromatic carbocycles. The molecule has 0 N–H and O–H groups in total. The van der Waals surface area contributed by atoms with Crippen molar-refractivity contribution in [3.8, 4) is 23.5 Å². The van der Waals surface area contributed by atoms with E-state index >= 15 is 0 Å². The number of ether oxygens (including phenoxy) is 1. The van der Waals surface area contributed by atoms with Crippen LogP contribution in [0.15, 0.2) is 48.9 Å². The van der Waals surface area contributed by atoms with Gasteiger partial charge in [0.1, 0.15) is 17.1 Å². The van der Waals surface area contributed by atoms with Crippen LogP contribution in [0.2, 0.25) is 0 Å². The molecule has 0 saturated carbocycles. The Hall–Kier alpha value is -3.20. The predicted molar refractivity (Wildman–Crippen MR) is 78.1 cm³/mol. The lowest BCUT2D eigenvalue weighted by atomic mass is 10.3. The molecule has 0 saturated heterocycles. The number of hydrogen-bond donors (Lipinski definition) is 0. The van der Waals surface area contributed by atoms with Crippen LogP contribution in [0.4, 0.5) is 4.39 Å². The first-order valence-electron chi connectivity index (χ1n) is 6.45. The van der Waals surface area contributed by atoms with Gasteiger partial charge in [-0.3, -0.25) is 0 Å². The third-order valence-corrected chi connectivity index (χ3v) is 2.84. The second-order valence-electron chi connectivity index (χ2n) is 4.28. The molecule has 3 aromatic heterocycles. The van der Waals surface area contributed by atoms with Crippen LogP contribution in [0.1, 0.15) is 11.3 Å². The van der Waals surface area contributed by atoms with Crippen molar-refractivity contribution in [1.29, 1.82) is 0 Å². The van der Waals surface area contributed by atoms with E-state index in [1.807, 2.05) is 18.2 Å². The van der Waals surface area contributed by atoms with Gasteiger partial charge < -0.3 is 4.74 Å². The normalized spacial score (nSPS) is 9.91. The molecular formula is C16H11FN4O. The summed E-state index contributed by atoms with van der Waals surface area (Å²) < 4.78 is 19.7. The van der Waals surface area contributed by atoms with Gasteiger partial charge in [0.05, 0.1) is 19.5 Å². The average Bonchev–Trinajstić information content (AvgIpc) is 2.97. The topological polar surface area (TPSA) is 52.8 Å². The first-order chi connectivity index (χ1) is 10.8. The molecule has 3 rings (SSSR count). The summed E-state index contributed by atoms with van der Waals surface area (Å²) >= 11 is 0. The Bertz CT molecular complexity index is 832. The van der Waals surface area contributed by atoms with E-state index in [0.717, 1.165) is 6.20 Å². The SMILES string of the molecule is COc1c(C#Cc2ccccn2)cnn1-c1ccc(F)cn1. The summed E-state index contributed by atoms with van der Waals surface area (Å²) in [7, 11) is 1.52. The monoisotopic (exact) mass is 294 g/mol. The third-order valence-electron chi connectivity index (χ3n) is 2.84. The highest BCUT2D eigenvalue weighted by molar-refractivity contribution is 5.47. The standard InChI is InChI=1S/C16H11FN4O/c1-22-16-12(5-7-14-4-2-3-9-18-14)10-20-21(16)15-8-6-13(17)11-19-15/h2-4,6,8-11H,1H3. The molecule has 0 spiro atoms. The number of rotatable bonds is 2. The van der Waals surface area contributed by atoms with Gasteiger partial charge in [0.2, 0.25) is 5.88 Å². The summed E-state index contributed by atoms with van der Waals surface area (Å²) in [6.45, 7) is 0. The lowest BCUT2D eigenvalue weighted by molar-refractivity contribution is 0.381. The molecule has 0 amide bonds. The van der Waals surface area contributed by atoms with Gasteiger partial charge in [0.25, 0.3) is 0 Å². The van der Waals surface area contributed by atoms with E-state index < -0.39 is 5.82 Å². The van der Waals surface area contributed by atoms with E-state index in [2.05, 4.69) is 26.9 Å². The van der Waals surface area contributed by atoms with Crippen LogP contribution in [-0.4, -0.2) is 26.9 Å². The molecule has 0 atom stereocenters. The van der Waals surface area contributed by atoms with E-state index in [9.17, 15) is 4.39 Å². The molecule has 0 radical (unpaired) electrons. The summed E-state index contributed by atoms with van der Waals surface area (Å²) in [5.74, 6) is 6.36. The second kappa shape index (κ2) is 6.06. The lowest BCUT2D eigenvalue weighted by Crippen LogP contribution is -2.02. The number of methoxy groups -OCH3 is 1. The highest BCUT2D eigenvalue weighted by atomic mass is 19.1. The van der Waals surface area contributed by atoms with Crippen molar-refractivity contribution in [2.24, 2.45) is 0 Å². The summed E-state index contributed by atoms with van der Waals surface area (Å²) in [6, 6.07) is 8.32. The smallest absolute Gasteiger partial charge is 0.234 e. The number of pyridine rings is 2. The molecule has 108 valence electrons. The Labute approximate surface area is 126 Å². The van der Waals surface area contributed by atoms with Crippen LogP contribution >= 0.6 is 0 Å². The first kappa shape index (κ1) is 13.8. The fourth-order valence-electron chi connectivity index (χ4n) is 1.84. The maximum Gasteiger partial charge on any atom is 0.234 e. The van der Waals surface area contributed by atoms with E-state index in [4.69, 9.17) is 4.74 Å². The highest BCUT2D eigenvalue weighted by Crippen LogP contribution is 2.20. The number of nitrogens with zero attached hydrogens (tertiary/aromatic N) is 4. The molecular weight excluding hydrogens is 283 g/mol. The maximum atomic E-state index is 12.9. The molecule has 3 aromatic rings. The molecule has 22 heavy (non-hydrogen) atoms. The zero-order valence-electron chi connectivity index (χ0n) is 11.7. The van der Waals surface area contributed by atoms with Gasteiger partial charge in [0.15, 0.2) is 5.82 Å². The van der Waals surface area contributed by atoms with Crippen LogP contribution in [-0.2, 0) is 0 Å². The van der Waals surface area contributed by atoms with Crippen LogP contribution in [0.25, 0.3) is 5.82 Å². The molecule has 0 aliphatic heterocycles. The minimum atomic E-state index is -0.412. The van der Waals surface area contributed by atoms with E-state index in [1.54, 1.807) is 12.4 Å². The molecule has 0 fully saturated rings. The van der Waals surface area contributed by atoms with Crippen molar-refractivity contribution in [2.45, 2.75) is 0 Å². The number of hydrogen-bond acceptors (Lipinski definition) is 4. The number of halogens is 1. The Kier molecular flexibility index (Phi) is 3.79. The van der Waals surface area contributed by atoms with Gasteiger partial charge in [-0.2, -0.15) is 9.78 Å². The third kappa shape index (κ3) is 2.79. The Morgan fingerprint density at radius 1 is 1.09 bits per heavy atom. The fourth-order valence-corrected chi connectivity index (χ4v) is 1.84. The van der Waals surface area contributed by atoms with E-state index in [1.165, 1.54) is 23.9 Å². The Balaban J connectivity index is 1.98. The second-order valence-corrected chi connectivity index (χ2v) is 4.28. The molecule has 0 bridgehead atoms. The molecule has 0 unspecified atom stereocenters. The average molecular weight is 294 g/mol. The fraction of sp³-hybridized carbons (Fsp3) is 0.0625. The summed E-state index contributed by atoms with van der Waals surface area (Å²) in [4.78, 5) is 8.10. The van der Waals surface area contributed by atoms with Gasteiger partial charge in [-0.25, -0.2) is 14.4 Å². The van der Waals surface area contributed by atoms with E-state index in [0.29, 0.717) is 23.0 Å². The molecule has 3 heterocycles. The Morgan fingerprint density at radius 3 is 2.68 bits per heavy atom. The van der Waals surface area contributed by atoms with Crippen molar-refractivity contribution in [3.05, 3.63) is 66.0 Å². The van der Waals surface area contributed by atoms with Crippen LogP contribution in [0, 0.1) is 17.7 Å². The molecule has 0 aliphatic carbocycles. The van der Waals surface area contributed by atoms with Crippen molar-refractivity contribution < 1.29 is 9.13 Å². The van der Waals surface area contributed by atoms with Gasteiger partial charge in [-0.05, 0) is 30.2 Å². The van der Waals surface area contributed by atoms with E-state index in [-0.39, 0.29) is 0 Å². The summed E-state index contributed by atoms with van der Waals surface area (Å²) in [5.41, 5.74) is 1.25. The molecule has 0 aliphatic rings. The zero-order chi connectivity index (χ0) is 15.4. The van der Waals surface area contributed by atoms with Crippen molar-refractivity contribution in [3.63, 3.8) is 0 Å². The molecule has 5 nitrogen and oxygen atoms in total.